The van der Waals surface area contributed by atoms with Crippen molar-refractivity contribution in [2.75, 3.05) is 26.2 Å². The summed E-state index contributed by atoms with van der Waals surface area (Å²) in [5.74, 6) is 1.78. The van der Waals surface area contributed by atoms with Gasteiger partial charge in [0.25, 0.3) is 0 Å². The summed E-state index contributed by atoms with van der Waals surface area (Å²) in [6.07, 6.45) is 2.61. The molecular weight excluding hydrogens is 184 g/mol. The summed E-state index contributed by atoms with van der Waals surface area (Å²) in [4.78, 5) is 2.65. The lowest BCUT2D eigenvalue weighted by Crippen LogP contribution is -2.47. The maximum atomic E-state index is 3.52. The molecule has 3 unspecified atom stereocenters. The fraction of sp³-hybridized carbons (Fsp3) is 1.00. The van der Waals surface area contributed by atoms with E-state index in [4.69, 9.17) is 0 Å². The first kappa shape index (κ1) is 13.0. The van der Waals surface area contributed by atoms with Crippen LogP contribution in [0.1, 0.15) is 40.5 Å². The molecule has 0 saturated carbocycles. The molecule has 1 aliphatic heterocycles. The van der Waals surface area contributed by atoms with Crippen LogP contribution in [0, 0.1) is 11.8 Å². The van der Waals surface area contributed by atoms with Gasteiger partial charge in [-0.25, -0.2) is 0 Å². The van der Waals surface area contributed by atoms with Gasteiger partial charge in [-0.15, -0.1) is 0 Å². The summed E-state index contributed by atoms with van der Waals surface area (Å²) in [5, 5.41) is 3.52. The van der Waals surface area contributed by atoms with Crippen LogP contribution in [0.3, 0.4) is 0 Å². The van der Waals surface area contributed by atoms with Crippen molar-refractivity contribution in [3.63, 3.8) is 0 Å². The predicted octanol–water partition coefficient (Wildman–Crippen LogP) is 2.35. The van der Waals surface area contributed by atoms with E-state index < -0.39 is 0 Å². The monoisotopic (exact) mass is 212 g/mol. The second-order valence-corrected chi connectivity index (χ2v) is 5.29. The van der Waals surface area contributed by atoms with Crippen LogP contribution >= 0.6 is 0 Å². The van der Waals surface area contributed by atoms with Crippen LogP contribution in [0.2, 0.25) is 0 Å². The standard InChI is InChI=1S/C13H28N2/c1-5-7-14-9-13(4)15-8-6-11(2)12(3)10-15/h11-14H,5-10H2,1-4H3. The van der Waals surface area contributed by atoms with Crippen molar-refractivity contribution >= 4 is 0 Å². The summed E-state index contributed by atoms with van der Waals surface area (Å²) in [7, 11) is 0. The van der Waals surface area contributed by atoms with E-state index in [9.17, 15) is 0 Å². The zero-order chi connectivity index (χ0) is 11.3. The molecule has 0 aliphatic carbocycles. The first-order valence-corrected chi connectivity index (χ1v) is 6.59. The van der Waals surface area contributed by atoms with Crippen LogP contribution in [0.25, 0.3) is 0 Å². The van der Waals surface area contributed by atoms with Gasteiger partial charge in [-0.05, 0) is 44.7 Å². The molecule has 0 amide bonds. The number of hydrogen-bond donors (Lipinski definition) is 1. The zero-order valence-electron chi connectivity index (χ0n) is 10.9. The number of likely N-dealkylation sites (tertiary alicyclic amines) is 1. The molecule has 90 valence electrons. The third-order valence-electron chi connectivity index (χ3n) is 3.86. The van der Waals surface area contributed by atoms with Gasteiger partial charge in [0.05, 0.1) is 0 Å². The zero-order valence-corrected chi connectivity index (χ0v) is 10.9. The Hall–Kier alpha value is -0.0800. The lowest BCUT2D eigenvalue weighted by atomic mass is 9.88. The highest BCUT2D eigenvalue weighted by atomic mass is 15.2. The molecule has 2 heteroatoms. The fourth-order valence-corrected chi connectivity index (χ4v) is 2.31. The largest absolute Gasteiger partial charge is 0.315 e. The lowest BCUT2D eigenvalue weighted by molar-refractivity contribution is 0.102. The van der Waals surface area contributed by atoms with E-state index in [1.165, 1.54) is 25.9 Å². The van der Waals surface area contributed by atoms with E-state index in [2.05, 4.69) is 37.9 Å². The molecule has 1 saturated heterocycles. The van der Waals surface area contributed by atoms with Crippen molar-refractivity contribution in [2.45, 2.75) is 46.6 Å². The smallest absolute Gasteiger partial charge is 0.0192 e. The molecule has 1 aliphatic rings. The number of nitrogens with one attached hydrogen (secondary N) is 1. The second kappa shape index (κ2) is 6.49. The Kier molecular flexibility index (Phi) is 5.62. The minimum Gasteiger partial charge on any atom is -0.315 e. The Labute approximate surface area is 95.4 Å². The number of rotatable bonds is 5. The first-order chi connectivity index (χ1) is 7.15. The molecule has 1 fully saturated rings. The Balaban J connectivity index is 2.24. The van der Waals surface area contributed by atoms with E-state index >= 15 is 0 Å². The average Bonchev–Trinajstić information content (AvgIpc) is 2.22. The maximum Gasteiger partial charge on any atom is 0.0192 e. The summed E-state index contributed by atoms with van der Waals surface area (Å²) >= 11 is 0. The summed E-state index contributed by atoms with van der Waals surface area (Å²) in [5.41, 5.74) is 0. The third-order valence-corrected chi connectivity index (χ3v) is 3.86. The summed E-state index contributed by atoms with van der Waals surface area (Å²) in [6, 6.07) is 0.700. The van der Waals surface area contributed by atoms with Gasteiger partial charge in [-0.2, -0.15) is 0 Å². The molecule has 1 rings (SSSR count). The Morgan fingerprint density at radius 2 is 2.07 bits per heavy atom. The molecule has 0 aromatic carbocycles. The Morgan fingerprint density at radius 1 is 1.33 bits per heavy atom. The fourth-order valence-electron chi connectivity index (χ4n) is 2.31. The highest BCUT2D eigenvalue weighted by Gasteiger charge is 2.25. The van der Waals surface area contributed by atoms with E-state index in [0.29, 0.717) is 6.04 Å². The molecule has 0 aromatic rings. The van der Waals surface area contributed by atoms with Gasteiger partial charge >= 0.3 is 0 Å². The van der Waals surface area contributed by atoms with Crippen LogP contribution in [0.15, 0.2) is 0 Å². The van der Waals surface area contributed by atoms with Gasteiger partial charge in [0, 0.05) is 19.1 Å². The molecule has 2 nitrogen and oxygen atoms in total. The van der Waals surface area contributed by atoms with Gasteiger partial charge in [-0.1, -0.05) is 20.8 Å². The second-order valence-electron chi connectivity index (χ2n) is 5.29. The quantitative estimate of drug-likeness (QED) is 0.704. The van der Waals surface area contributed by atoms with E-state index in [0.717, 1.165) is 24.9 Å². The Morgan fingerprint density at radius 3 is 2.67 bits per heavy atom. The minimum absolute atomic E-state index is 0.700. The average molecular weight is 212 g/mol. The van der Waals surface area contributed by atoms with Crippen LogP contribution < -0.4 is 5.32 Å². The van der Waals surface area contributed by atoms with Crippen LogP contribution in [0.4, 0.5) is 0 Å². The molecule has 0 spiro atoms. The number of nitrogens with zero attached hydrogens (tertiary/aromatic N) is 1. The molecule has 1 heterocycles. The normalized spacial score (nSPS) is 30.4. The summed E-state index contributed by atoms with van der Waals surface area (Å²) in [6.45, 7) is 14.2. The topological polar surface area (TPSA) is 15.3 Å². The van der Waals surface area contributed by atoms with Crippen molar-refractivity contribution in [1.82, 2.24) is 10.2 Å². The van der Waals surface area contributed by atoms with Crippen molar-refractivity contribution < 1.29 is 0 Å². The molecule has 0 radical (unpaired) electrons. The maximum absolute atomic E-state index is 3.52. The molecule has 15 heavy (non-hydrogen) atoms. The number of piperidine rings is 1. The number of hydrogen-bond acceptors (Lipinski definition) is 2. The predicted molar refractivity (Wildman–Crippen MR) is 67.1 cm³/mol. The summed E-state index contributed by atoms with van der Waals surface area (Å²) < 4.78 is 0. The molecule has 3 atom stereocenters. The van der Waals surface area contributed by atoms with Crippen LogP contribution in [-0.2, 0) is 0 Å². The van der Waals surface area contributed by atoms with Gasteiger partial charge in [0.1, 0.15) is 0 Å². The van der Waals surface area contributed by atoms with Gasteiger partial charge in [-0.3, -0.25) is 4.90 Å². The molecule has 1 N–H and O–H groups in total. The van der Waals surface area contributed by atoms with Gasteiger partial charge in [0.2, 0.25) is 0 Å². The lowest BCUT2D eigenvalue weighted by Gasteiger charge is -2.39. The van der Waals surface area contributed by atoms with Crippen molar-refractivity contribution in [2.24, 2.45) is 11.8 Å². The van der Waals surface area contributed by atoms with E-state index in [-0.39, 0.29) is 0 Å². The van der Waals surface area contributed by atoms with E-state index in [1.807, 2.05) is 0 Å². The highest BCUT2D eigenvalue weighted by Crippen LogP contribution is 2.23. The first-order valence-electron chi connectivity index (χ1n) is 6.59. The highest BCUT2D eigenvalue weighted by molar-refractivity contribution is 4.79. The molecule has 0 bridgehead atoms. The Bertz CT molecular complexity index is 170. The van der Waals surface area contributed by atoms with Gasteiger partial charge < -0.3 is 5.32 Å². The van der Waals surface area contributed by atoms with Crippen molar-refractivity contribution in [3.05, 3.63) is 0 Å². The van der Waals surface area contributed by atoms with Crippen molar-refractivity contribution in [1.29, 1.82) is 0 Å². The van der Waals surface area contributed by atoms with E-state index in [1.54, 1.807) is 0 Å². The van der Waals surface area contributed by atoms with Gasteiger partial charge in [0.15, 0.2) is 0 Å². The third kappa shape index (κ3) is 4.12. The minimum atomic E-state index is 0.700. The van der Waals surface area contributed by atoms with Crippen LogP contribution in [0.5, 0.6) is 0 Å². The van der Waals surface area contributed by atoms with Crippen LogP contribution in [-0.4, -0.2) is 37.1 Å². The SMILES string of the molecule is CCCNCC(C)N1CCC(C)C(C)C1. The van der Waals surface area contributed by atoms with Crippen molar-refractivity contribution in [3.8, 4) is 0 Å². The molecule has 0 aromatic heterocycles. The molecular formula is C13H28N2.